The Bertz CT molecular complexity index is 445. The fourth-order valence-electron chi connectivity index (χ4n) is 2.27. The van der Waals surface area contributed by atoms with Gasteiger partial charge in [-0.2, -0.15) is 0 Å². The molecule has 1 amide bonds. The van der Waals surface area contributed by atoms with Crippen molar-refractivity contribution in [3.8, 4) is 0 Å². The van der Waals surface area contributed by atoms with Crippen LogP contribution in [0.4, 0.5) is 0 Å². The summed E-state index contributed by atoms with van der Waals surface area (Å²) in [6, 6.07) is 1.59. The summed E-state index contributed by atoms with van der Waals surface area (Å²) in [6.07, 6.45) is 1.42. The molecule has 106 valence electrons. The van der Waals surface area contributed by atoms with Gasteiger partial charge in [-0.1, -0.05) is 0 Å². The number of rotatable bonds is 3. The third-order valence-corrected chi connectivity index (χ3v) is 3.41. The van der Waals surface area contributed by atoms with E-state index in [0.717, 1.165) is 13.1 Å². The zero-order valence-corrected chi connectivity index (χ0v) is 12.0. The van der Waals surface area contributed by atoms with Crippen LogP contribution in [0.2, 0.25) is 5.22 Å². The van der Waals surface area contributed by atoms with Crippen LogP contribution in [0.5, 0.6) is 0 Å². The Morgan fingerprint density at radius 3 is 2.53 bits per heavy atom. The molecule has 0 spiro atoms. The molecule has 6 heteroatoms. The quantitative estimate of drug-likeness (QED) is 0.914. The number of β-amino-alcohol motifs (C(OH)–C–C–N with tert-alkyl or cyclic N) is 1. The highest BCUT2D eigenvalue weighted by Gasteiger charge is 2.27. The third-order valence-electron chi connectivity index (χ3n) is 3.12. The van der Waals surface area contributed by atoms with Gasteiger partial charge in [0, 0.05) is 32.7 Å². The van der Waals surface area contributed by atoms with Crippen molar-refractivity contribution in [2.75, 3.05) is 32.7 Å². The normalized spacial score (nSPS) is 17.8. The monoisotopic (exact) mass is 286 g/mol. The van der Waals surface area contributed by atoms with Gasteiger partial charge in [-0.25, -0.2) is 0 Å². The summed E-state index contributed by atoms with van der Waals surface area (Å²) in [5, 5.41) is 9.92. The molecule has 5 nitrogen and oxygen atoms in total. The Morgan fingerprint density at radius 1 is 1.42 bits per heavy atom. The van der Waals surface area contributed by atoms with Crippen molar-refractivity contribution in [2.24, 2.45) is 0 Å². The number of hydrogen-bond donors (Lipinski definition) is 1. The first-order valence-corrected chi connectivity index (χ1v) is 6.71. The smallest absolute Gasteiger partial charge is 0.258 e. The molecule has 1 aliphatic rings. The fourth-order valence-corrected chi connectivity index (χ4v) is 2.47. The Balaban J connectivity index is 1.90. The summed E-state index contributed by atoms with van der Waals surface area (Å²) >= 11 is 5.81. The number of nitrogens with zero attached hydrogens (tertiary/aromatic N) is 2. The van der Waals surface area contributed by atoms with Gasteiger partial charge >= 0.3 is 0 Å². The Labute approximate surface area is 117 Å². The predicted octanol–water partition coefficient (Wildman–Crippen LogP) is 1.46. The number of aliphatic hydroxyl groups is 1. The van der Waals surface area contributed by atoms with Crippen molar-refractivity contribution >= 4 is 17.5 Å². The molecule has 0 saturated carbocycles. The van der Waals surface area contributed by atoms with E-state index in [1.807, 2.05) is 0 Å². The highest BCUT2D eigenvalue weighted by Crippen LogP contribution is 2.19. The molecule has 19 heavy (non-hydrogen) atoms. The van der Waals surface area contributed by atoms with E-state index in [-0.39, 0.29) is 11.1 Å². The molecule has 1 saturated heterocycles. The first-order chi connectivity index (χ1) is 8.87. The van der Waals surface area contributed by atoms with Crippen LogP contribution >= 0.6 is 11.6 Å². The maximum Gasteiger partial charge on any atom is 0.258 e. The number of piperazine rings is 1. The summed E-state index contributed by atoms with van der Waals surface area (Å²) in [5.74, 6) is -0.0957. The summed E-state index contributed by atoms with van der Waals surface area (Å²) < 4.78 is 4.94. The van der Waals surface area contributed by atoms with Gasteiger partial charge in [0.05, 0.1) is 17.4 Å². The van der Waals surface area contributed by atoms with Crippen molar-refractivity contribution in [1.82, 2.24) is 9.80 Å². The van der Waals surface area contributed by atoms with E-state index in [4.69, 9.17) is 16.0 Å². The molecule has 0 atom stereocenters. The van der Waals surface area contributed by atoms with E-state index >= 15 is 0 Å². The highest BCUT2D eigenvalue weighted by atomic mass is 35.5. The molecule has 1 aliphatic heterocycles. The second-order valence-corrected chi connectivity index (χ2v) is 5.83. The minimum Gasteiger partial charge on any atom is -0.452 e. The van der Waals surface area contributed by atoms with E-state index in [1.165, 1.54) is 6.26 Å². The molecule has 2 rings (SSSR count). The summed E-state index contributed by atoms with van der Waals surface area (Å²) in [6.45, 7) is 6.97. The average Bonchev–Trinajstić information content (AvgIpc) is 2.73. The van der Waals surface area contributed by atoms with Crippen LogP contribution < -0.4 is 0 Å². The lowest BCUT2D eigenvalue weighted by Gasteiger charge is -2.37. The zero-order valence-electron chi connectivity index (χ0n) is 11.2. The largest absolute Gasteiger partial charge is 0.452 e. The van der Waals surface area contributed by atoms with E-state index in [9.17, 15) is 9.90 Å². The number of furan rings is 1. The van der Waals surface area contributed by atoms with Crippen LogP contribution in [-0.4, -0.2) is 59.1 Å². The zero-order chi connectivity index (χ0) is 14.0. The lowest BCUT2D eigenvalue weighted by Crippen LogP contribution is -2.51. The predicted molar refractivity (Wildman–Crippen MR) is 72.4 cm³/mol. The van der Waals surface area contributed by atoms with Crippen molar-refractivity contribution in [3.05, 3.63) is 23.1 Å². The number of carbonyl (C=O) groups is 1. The van der Waals surface area contributed by atoms with Gasteiger partial charge in [0.25, 0.3) is 5.91 Å². The third kappa shape index (κ3) is 3.72. The highest BCUT2D eigenvalue weighted by molar-refractivity contribution is 6.32. The van der Waals surface area contributed by atoms with E-state index in [2.05, 4.69) is 4.90 Å². The Hall–Kier alpha value is -1.04. The molecule has 0 bridgehead atoms. The van der Waals surface area contributed by atoms with Crippen LogP contribution in [0.25, 0.3) is 0 Å². The summed E-state index contributed by atoms with van der Waals surface area (Å²) in [7, 11) is 0. The van der Waals surface area contributed by atoms with Gasteiger partial charge in [-0.3, -0.25) is 9.69 Å². The van der Waals surface area contributed by atoms with Crippen LogP contribution in [0.3, 0.4) is 0 Å². The van der Waals surface area contributed by atoms with Crippen molar-refractivity contribution in [1.29, 1.82) is 0 Å². The number of carbonyl (C=O) groups excluding carboxylic acids is 1. The van der Waals surface area contributed by atoms with Crippen LogP contribution in [0.1, 0.15) is 24.2 Å². The summed E-state index contributed by atoms with van der Waals surface area (Å²) in [4.78, 5) is 16.1. The average molecular weight is 287 g/mol. The molecule has 1 fully saturated rings. The molecule has 1 aromatic rings. The van der Waals surface area contributed by atoms with Crippen molar-refractivity contribution in [2.45, 2.75) is 19.4 Å². The van der Waals surface area contributed by atoms with Gasteiger partial charge in [0.2, 0.25) is 5.22 Å². The number of halogens is 1. The van der Waals surface area contributed by atoms with Gasteiger partial charge in [0.15, 0.2) is 0 Å². The number of hydrogen-bond acceptors (Lipinski definition) is 4. The van der Waals surface area contributed by atoms with E-state index < -0.39 is 5.60 Å². The molecular weight excluding hydrogens is 268 g/mol. The standard InChI is InChI=1S/C13H19ClN2O3/c1-13(2,18)9-15-4-6-16(7-5-15)12(17)10-3-8-19-11(10)14/h3,8,18H,4-7,9H2,1-2H3. The number of amides is 1. The second kappa shape index (κ2) is 5.53. The minimum absolute atomic E-state index is 0.0957. The SMILES string of the molecule is CC(C)(O)CN1CCN(C(=O)c2ccoc2Cl)CC1. The Kier molecular flexibility index (Phi) is 4.18. The second-order valence-electron chi connectivity index (χ2n) is 5.49. The van der Waals surface area contributed by atoms with E-state index in [0.29, 0.717) is 25.2 Å². The van der Waals surface area contributed by atoms with Crippen LogP contribution in [-0.2, 0) is 0 Å². The lowest BCUT2D eigenvalue weighted by atomic mass is 10.1. The van der Waals surface area contributed by atoms with Gasteiger partial charge in [0.1, 0.15) is 0 Å². The van der Waals surface area contributed by atoms with Gasteiger partial charge in [-0.15, -0.1) is 0 Å². The van der Waals surface area contributed by atoms with Crippen molar-refractivity contribution in [3.63, 3.8) is 0 Å². The van der Waals surface area contributed by atoms with Crippen LogP contribution in [0, 0.1) is 0 Å². The lowest BCUT2D eigenvalue weighted by molar-refractivity contribution is 0.0178. The maximum absolute atomic E-state index is 12.2. The first-order valence-electron chi connectivity index (χ1n) is 6.34. The molecule has 0 radical (unpaired) electrons. The topological polar surface area (TPSA) is 56.9 Å². The molecule has 1 N–H and O–H groups in total. The molecular formula is C13H19ClN2O3. The summed E-state index contributed by atoms with van der Waals surface area (Å²) in [5.41, 5.74) is -0.294. The fraction of sp³-hybridized carbons (Fsp3) is 0.615. The molecule has 1 aromatic heterocycles. The Morgan fingerprint density at radius 2 is 2.05 bits per heavy atom. The van der Waals surface area contributed by atoms with E-state index in [1.54, 1.807) is 24.8 Å². The van der Waals surface area contributed by atoms with Crippen molar-refractivity contribution < 1.29 is 14.3 Å². The van der Waals surface area contributed by atoms with Crippen LogP contribution in [0.15, 0.2) is 16.7 Å². The molecule has 2 heterocycles. The first kappa shape index (κ1) is 14.4. The minimum atomic E-state index is -0.708. The molecule has 0 aromatic carbocycles. The molecule has 0 aliphatic carbocycles. The van der Waals surface area contributed by atoms with Gasteiger partial charge in [-0.05, 0) is 31.5 Å². The van der Waals surface area contributed by atoms with Gasteiger partial charge < -0.3 is 14.4 Å². The molecule has 0 unspecified atom stereocenters. The maximum atomic E-state index is 12.2.